The van der Waals surface area contributed by atoms with Crippen LogP contribution in [0.1, 0.15) is 36.3 Å². The number of pyridine rings is 1. The van der Waals surface area contributed by atoms with Gasteiger partial charge in [-0.25, -0.2) is 4.98 Å². The molecule has 1 aromatic rings. The second-order valence-electron chi connectivity index (χ2n) is 4.04. The first-order valence-corrected chi connectivity index (χ1v) is 5.64. The third-order valence-corrected chi connectivity index (χ3v) is 2.46. The Bertz CT molecular complexity index is 493. The largest absolute Gasteiger partial charge is 0.334 e. The lowest BCUT2D eigenvalue weighted by Crippen LogP contribution is -2.38. The van der Waals surface area contributed by atoms with E-state index >= 15 is 0 Å². The molecule has 0 fully saturated rings. The molecule has 0 aliphatic rings. The predicted octanol–water partition coefficient (Wildman–Crippen LogP) is 1.72. The molecular formula is C13H14N4O. The highest BCUT2D eigenvalue weighted by molar-refractivity contribution is 5.92. The van der Waals surface area contributed by atoms with Gasteiger partial charge in [-0.1, -0.05) is 0 Å². The van der Waals surface area contributed by atoms with E-state index in [1.54, 1.807) is 11.0 Å². The van der Waals surface area contributed by atoms with E-state index in [1.165, 1.54) is 12.3 Å². The van der Waals surface area contributed by atoms with E-state index in [1.807, 2.05) is 26.0 Å². The second-order valence-corrected chi connectivity index (χ2v) is 4.04. The van der Waals surface area contributed by atoms with E-state index in [0.29, 0.717) is 24.2 Å². The van der Waals surface area contributed by atoms with Gasteiger partial charge in [0, 0.05) is 18.8 Å². The summed E-state index contributed by atoms with van der Waals surface area (Å²) >= 11 is 0. The molecule has 0 aromatic carbocycles. The van der Waals surface area contributed by atoms with E-state index in [4.69, 9.17) is 10.5 Å². The molecule has 0 N–H and O–H groups in total. The number of carbonyl (C=O) groups is 1. The molecule has 0 aliphatic carbocycles. The maximum atomic E-state index is 12.2. The molecule has 0 bridgehead atoms. The molecule has 0 saturated carbocycles. The second kappa shape index (κ2) is 6.36. The van der Waals surface area contributed by atoms with Crippen molar-refractivity contribution >= 4 is 5.91 Å². The van der Waals surface area contributed by atoms with Crippen LogP contribution in [0, 0.1) is 22.7 Å². The Balaban J connectivity index is 2.88. The van der Waals surface area contributed by atoms with Gasteiger partial charge in [-0.05, 0) is 26.0 Å². The Kier molecular flexibility index (Phi) is 4.83. The van der Waals surface area contributed by atoms with Crippen molar-refractivity contribution in [1.82, 2.24) is 9.88 Å². The number of hydrogen-bond acceptors (Lipinski definition) is 4. The van der Waals surface area contributed by atoms with Crippen molar-refractivity contribution < 1.29 is 4.79 Å². The number of amides is 1. The molecule has 1 amide bonds. The monoisotopic (exact) mass is 242 g/mol. The molecule has 92 valence electrons. The number of aromatic nitrogens is 1. The predicted molar refractivity (Wildman–Crippen MR) is 65.4 cm³/mol. The van der Waals surface area contributed by atoms with Crippen LogP contribution in [0.5, 0.6) is 0 Å². The van der Waals surface area contributed by atoms with Crippen molar-refractivity contribution in [2.75, 3.05) is 6.54 Å². The summed E-state index contributed by atoms with van der Waals surface area (Å²) in [4.78, 5) is 17.7. The van der Waals surface area contributed by atoms with Gasteiger partial charge < -0.3 is 4.90 Å². The molecule has 5 heteroatoms. The van der Waals surface area contributed by atoms with Gasteiger partial charge >= 0.3 is 0 Å². The first-order chi connectivity index (χ1) is 8.60. The summed E-state index contributed by atoms with van der Waals surface area (Å²) in [5.74, 6) is -0.218. The minimum Gasteiger partial charge on any atom is -0.334 e. The third kappa shape index (κ3) is 3.29. The van der Waals surface area contributed by atoms with Crippen molar-refractivity contribution in [1.29, 1.82) is 10.5 Å². The first kappa shape index (κ1) is 13.7. The maximum absolute atomic E-state index is 12.2. The van der Waals surface area contributed by atoms with Crippen LogP contribution in [0.25, 0.3) is 0 Å². The van der Waals surface area contributed by atoms with Crippen molar-refractivity contribution in [3.8, 4) is 12.1 Å². The normalized spacial score (nSPS) is 9.61. The fourth-order valence-corrected chi connectivity index (χ4v) is 1.50. The number of nitrogens with zero attached hydrogens (tertiary/aromatic N) is 4. The van der Waals surface area contributed by atoms with Crippen LogP contribution < -0.4 is 0 Å². The quantitative estimate of drug-likeness (QED) is 0.805. The first-order valence-electron chi connectivity index (χ1n) is 5.64. The van der Waals surface area contributed by atoms with E-state index < -0.39 is 0 Å². The smallest absolute Gasteiger partial charge is 0.272 e. The van der Waals surface area contributed by atoms with Gasteiger partial charge in [0.25, 0.3) is 5.91 Å². The summed E-state index contributed by atoms with van der Waals surface area (Å²) in [6.45, 7) is 4.16. The molecule has 5 nitrogen and oxygen atoms in total. The molecule has 1 aromatic heterocycles. The number of nitriles is 2. The van der Waals surface area contributed by atoms with Crippen molar-refractivity contribution in [2.24, 2.45) is 0 Å². The molecule has 1 heterocycles. The Hall–Kier alpha value is -2.40. The van der Waals surface area contributed by atoms with Crippen LogP contribution in [-0.4, -0.2) is 28.4 Å². The lowest BCUT2D eigenvalue weighted by atomic mass is 10.2. The van der Waals surface area contributed by atoms with Crippen molar-refractivity contribution in [3.63, 3.8) is 0 Å². The van der Waals surface area contributed by atoms with E-state index in [0.717, 1.165) is 0 Å². The molecule has 18 heavy (non-hydrogen) atoms. The molecule has 0 aliphatic heterocycles. The zero-order valence-corrected chi connectivity index (χ0v) is 10.4. The standard InChI is InChI=1S/C13H14N4O/c1-10(2)17(7-3-6-14)13(18)12-5-4-11(8-15)9-16-12/h4-5,9-10H,3,7H2,1-2H3. The average Bonchev–Trinajstić information content (AvgIpc) is 2.38. The molecule has 0 atom stereocenters. The summed E-state index contributed by atoms with van der Waals surface area (Å²) < 4.78 is 0. The molecule has 0 radical (unpaired) electrons. The maximum Gasteiger partial charge on any atom is 0.272 e. The molecule has 0 unspecified atom stereocenters. The zero-order valence-electron chi connectivity index (χ0n) is 10.4. The highest BCUT2D eigenvalue weighted by Gasteiger charge is 2.19. The Morgan fingerprint density at radius 3 is 2.61 bits per heavy atom. The van der Waals surface area contributed by atoms with E-state index in [-0.39, 0.29) is 11.9 Å². The van der Waals surface area contributed by atoms with Gasteiger partial charge in [0.2, 0.25) is 0 Å². The fraction of sp³-hybridized carbons (Fsp3) is 0.385. The summed E-state index contributed by atoms with van der Waals surface area (Å²) in [6, 6.07) is 7.06. The number of rotatable bonds is 4. The molecular weight excluding hydrogens is 228 g/mol. The van der Waals surface area contributed by atoms with Crippen LogP contribution in [0.3, 0.4) is 0 Å². The van der Waals surface area contributed by atoms with Crippen molar-refractivity contribution in [3.05, 3.63) is 29.6 Å². The van der Waals surface area contributed by atoms with Crippen LogP contribution in [0.4, 0.5) is 0 Å². The summed E-state index contributed by atoms with van der Waals surface area (Å²) in [6.07, 6.45) is 1.66. The van der Waals surface area contributed by atoms with Crippen molar-refractivity contribution in [2.45, 2.75) is 26.3 Å². The summed E-state index contributed by atoms with van der Waals surface area (Å²) in [5.41, 5.74) is 0.709. The Morgan fingerprint density at radius 2 is 2.17 bits per heavy atom. The van der Waals surface area contributed by atoms with Gasteiger partial charge in [-0.15, -0.1) is 0 Å². The minimum absolute atomic E-state index is 0.00305. The molecule has 0 saturated heterocycles. The Morgan fingerprint density at radius 1 is 1.44 bits per heavy atom. The zero-order chi connectivity index (χ0) is 13.5. The van der Waals surface area contributed by atoms with Gasteiger partial charge in [0.15, 0.2) is 0 Å². The summed E-state index contributed by atoms with van der Waals surface area (Å²) in [5, 5.41) is 17.2. The SMILES string of the molecule is CC(C)N(CCC#N)C(=O)c1ccc(C#N)cn1. The minimum atomic E-state index is -0.218. The van der Waals surface area contributed by atoms with Crippen LogP contribution in [-0.2, 0) is 0 Å². The van der Waals surface area contributed by atoms with Gasteiger partial charge in [0.1, 0.15) is 11.8 Å². The van der Waals surface area contributed by atoms with Gasteiger partial charge in [-0.3, -0.25) is 4.79 Å². The molecule has 0 spiro atoms. The number of carbonyl (C=O) groups excluding carboxylic acids is 1. The van der Waals surface area contributed by atoms with Crippen LogP contribution >= 0.6 is 0 Å². The lowest BCUT2D eigenvalue weighted by Gasteiger charge is -2.25. The van der Waals surface area contributed by atoms with Crippen LogP contribution in [0.2, 0.25) is 0 Å². The lowest BCUT2D eigenvalue weighted by molar-refractivity contribution is 0.0704. The van der Waals surface area contributed by atoms with Gasteiger partial charge in [0.05, 0.1) is 18.1 Å². The highest BCUT2D eigenvalue weighted by atomic mass is 16.2. The van der Waals surface area contributed by atoms with Crippen LogP contribution in [0.15, 0.2) is 18.3 Å². The molecule has 1 rings (SSSR count). The number of hydrogen-bond donors (Lipinski definition) is 0. The topological polar surface area (TPSA) is 80.8 Å². The van der Waals surface area contributed by atoms with E-state index in [9.17, 15) is 4.79 Å². The Labute approximate surface area is 106 Å². The highest BCUT2D eigenvalue weighted by Crippen LogP contribution is 2.08. The average molecular weight is 242 g/mol. The van der Waals surface area contributed by atoms with Gasteiger partial charge in [-0.2, -0.15) is 10.5 Å². The van der Waals surface area contributed by atoms with E-state index in [2.05, 4.69) is 4.98 Å². The summed E-state index contributed by atoms with van der Waals surface area (Å²) in [7, 11) is 0. The third-order valence-electron chi connectivity index (χ3n) is 2.46. The fourth-order valence-electron chi connectivity index (χ4n) is 1.50.